The highest BCUT2D eigenvalue weighted by Crippen LogP contribution is 2.39. The molecule has 1 aliphatic rings. The summed E-state index contributed by atoms with van der Waals surface area (Å²) in [5.74, 6) is -0.0148. The number of carbonyl (C=O) groups excluding carboxylic acids is 1. The van der Waals surface area contributed by atoms with Crippen LogP contribution in [0.1, 0.15) is 32.4 Å². The van der Waals surface area contributed by atoms with E-state index in [-0.39, 0.29) is 24.7 Å². The summed E-state index contributed by atoms with van der Waals surface area (Å²) in [5.41, 5.74) is 1.49. The summed E-state index contributed by atoms with van der Waals surface area (Å²) >= 11 is 0. The van der Waals surface area contributed by atoms with Crippen molar-refractivity contribution in [3.63, 3.8) is 0 Å². The Morgan fingerprint density at radius 1 is 1.29 bits per heavy atom. The molecule has 1 aromatic carbocycles. The molecule has 0 amide bonds. The maximum Gasteiger partial charge on any atom is 0.387 e. The van der Waals surface area contributed by atoms with Crippen LogP contribution in [0.3, 0.4) is 0 Å². The highest BCUT2D eigenvalue weighted by atomic mass is 19.3. The molecular formula is C18H20F2N4O4. The Morgan fingerprint density at radius 2 is 2.07 bits per heavy atom. The van der Waals surface area contributed by atoms with Crippen LogP contribution in [-0.4, -0.2) is 40.6 Å². The van der Waals surface area contributed by atoms with Gasteiger partial charge in [-0.25, -0.2) is 9.48 Å². The van der Waals surface area contributed by atoms with Crippen LogP contribution in [0.2, 0.25) is 0 Å². The zero-order chi connectivity index (χ0) is 20.3. The first-order valence-corrected chi connectivity index (χ1v) is 8.72. The minimum absolute atomic E-state index is 0.0910. The lowest BCUT2D eigenvalue weighted by atomic mass is 9.95. The number of alkyl halides is 2. The van der Waals surface area contributed by atoms with Gasteiger partial charge in [-0.05, 0) is 38.5 Å². The molecule has 0 aliphatic carbocycles. The predicted octanol–water partition coefficient (Wildman–Crippen LogP) is 3.13. The number of halogens is 2. The van der Waals surface area contributed by atoms with E-state index in [0.29, 0.717) is 22.8 Å². The number of rotatable bonds is 7. The Balaban J connectivity index is 2.11. The first kappa shape index (κ1) is 19.6. The van der Waals surface area contributed by atoms with Gasteiger partial charge in [-0.1, -0.05) is 6.07 Å². The highest BCUT2D eigenvalue weighted by molar-refractivity contribution is 5.92. The lowest BCUT2D eigenvalue weighted by molar-refractivity contribution is -0.139. The Kier molecular flexibility index (Phi) is 5.76. The molecule has 28 heavy (non-hydrogen) atoms. The fraction of sp³-hybridized carbons (Fsp3) is 0.389. The van der Waals surface area contributed by atoms with Crippen molar-refractivity contribution in [2.45, 2.75) is 33.4 Å². The van der Waals surface area contributed by atoms with Crippen LogP contribution in [0.15, 0.2) is 35.8 Å². The smallest absolute Gasteiger partial charge is 0.387 e. The number of nitrogens with zero attached hydrogens (tertiary/aromatic N) is 3. The first-order valence-electron chi connectivity index (χ1n) is 8.72. The molecule has 1 N–H and O–H groups in total. The van der Waals surface area contributed by atoms with Gasteiger partial charge in [-0.3, -0.25) is 0 Å². The van der Waals surface area contributed by atoms with Crippen LogP contribution >= 0.6 is 0 Å². The molecular weight excluding hydrogens is 374 g/mol. The second kappa shape index (κ2) is 8.24. The average Bonchev–Trinajstić information content (AvgIpc) is 3.10. The minimum Gasteiger partial charge on any atom is -0.490 e. The Bertz CT molecular complexity index is 897. The van der Waals surface area contributed by atoms with Crippen molar-refractivity contribution in [2.24, 2.45) is 0 Å². The quantitative estimate of drug-likeness (QED) is 0.722. The third kappa shape index (κ3) is 3.75. The van der Waals surface area contributed by atoms with Crippen molar-refractivity contribution in [3.8, 4) is 11.5 Å². The fourth-order valence-corrected chi connectivity index (χ4v) is 3.03. The summed E-state index contributed by atoms with van der Waals surface area (Å²) in [4.78, 5) is 16.7. The summed E-state index contributed by atoms with van der Waals surface area (Å²) in [5, 5.41) is 7.22. The second-order valence-electron chi connectivity index (χ2n) is 5.83. The zero-order valence-electron chi connectivity index (χ0n) is 15.6. The van der Waals surface area contributed by atoms with E-state index in [9.17, 15) is 13.6 Å². The topological polar surface area (TPSA) is 87.5 Å². The molecule has 150 valence electrons. The molecule has 0 spiro atoms. The largest absolute Gasteiger partial charge is 0.490 e. The van der Waals surface area contributed by atoms with E-state index in [1.807, 2.05) is 0 Å². The predicted molar refractivity (Wildman–Crippen MR) is 95.4 cm³/mol. The third-order valence-electron chi connectivity index (χ3n) is 4.09. The number of nitrogens with one attached hydrogen (secondary N) is 1. The number of esters is 1. The molecule has 0 radical (unpaired) electrons. The van der Waals surface area contributed by atoms with Crippen LogP contribution in [0.4, 0.5) is 14.7 Å². The van der Waals surface area contributed by atoms with Gasteiger partial charge in [0.1, 0.15) is 12.4 Å². The summed E-state index contributed by atoms with van der Waals surface area (Å²) in [7, 11) is 0. The molecule has 8 nitrogen and oxygen atoms in total. The van der Waals surface area contributed by atoms with Crippen LogP contribution in [-0.2, 0) is 9.53 Å². The van der Waals surface area contributed by atoms with Gasteiger partial charge in [0.05, 0.1) is 18.8 Å². The molecule has 3 rings (SSSR count). The van der Waals surface area contributed by atoms with Gasteiger partial charge in [0, 0.05) is 5.70 Å². The van der Waals surface area contributed by atoms with E-state index in [4.69, 9.17) is 9.47 Å². The standard InChI is InChI=1S/C18H20F2N4O4/c1-4-26-13-8-11(6-7-12(13)28-17(19)20)15-14(16(25)27-5-2)10(3)23-18-21-9-22-24(15)18/h6-9,15,17H,4-5H2,1-3H3,(H,21,22,23)/t15-/m1/s1. The molecule has 0 unspecified atom stereocenters. The van der Waals surface area contributed by atoms with Crippen molar-refractivity contribution >= 4 is 11.9 Å². The minimum atomic E-state index is -2.98. The van der Waals surface area contributed by atoms with Gasteiger partial charge >= 0.3 is 12.6 Å². The number of anilines is 1. The summed E-state index contributed by atoms with van der Waals surface area (Å²) in [6.07, 6.45) is 1.36. The number of carbonyl (C=O) groups is 1. The van der Waals surface area contributed by atoms with Gasteiger partial charge in [-0.15, -0.1) is 0 Å². The zero-order valence-corrected chi connectivity index (χ0v) is 15.6. The van der Waals surface area contributed by atoms with E-state index >= 15 is 0 Å². The van der Waals surface area contributed by atoms with Crippen LogP contribution < -0.4 is 14.8 Å². The maximum absolute atomic E-state index is 12.7. The molecule has 1 aliphatic heterocycles. The summed E-state index contributed by atoms with van der Waals surface area (Å²) in [6, 6.07) is 3.84. The number of allylic oxidation sites excluding steroid dienone is 1. The van der Waals surface area contributed by atoms with E-state index in [0.717, 1.165) is 0 Å². The van der Waals surface area contributed by atoms with Crippen molar-refractivity contribution in [1.29, 1.82) is 0 Å². The Morgan fingerprint density at radius 3 is 2.75 bits per heavy atom. The lowest BCUT2D eigenvalue weighted by Gasteiger charge is -2.28. The van der Waals surface area contributed by atoms with Crippen molar-refractivity contribution in [3.05, 3.63) is 41.4 Å². The van der Waals surface area contributed by atoms with E-state index in [2.05, 4.69) is 20.1 Å². The average molecular weight is 394 g/mol. The normalized spacial score (nSPS) is 15.9. The van der Waals surface area contributed by atoms with Crippen LogP contribution in [0, 0.1) is 0 Å². The van der Waals surface area contributed by atoms with Gasteiger partial charge in [0.2, 0.25) is 5.95 Å². The van der Waals surface area contributed by atoms with Crippen molar-refractivity contribution in [1.82, 2.24) is 14.8 Å². The molecule has 2 heterocycles. The molecule has 1 aromatic heterocycles. The van der Waals surface area contributed by atoms with E-state index < -0.39 is 18.6 Å². The van der Waals surface area contributed by atoms with Crippen molar-refractivity contribution < 1.29 is 27.8 Å². The first-order chi connectivity index (χ1) is 13.5. The molecule has 0 fully saturated rings. The molecule has 10 heteroatoms. The Hall–Kier alpha value is -3.17. The number of benzene rings is 1. The fourth-order valence-electron chi connectivity index (χ4n) is 3.03. The van der Waals surface area contributed by atoms with Crippen molar-refractivity contribution in [2.75, 3.05) is 18.5 Å². The number of hydrogen-bond donors (Lipinski definition) is 1. The summed E-state index contributed by atoms with van der Waals surface area (Å²) < 4.78 is 42.1. The number of aromatic nitrogens is 3. The Labute approximate surface area is 160 Å². The number of ether oxygens (including phenoxy) is 3. The monoisotopic (exact) mass is 394 g/mol. The van der Waals surface area contributed by atoms with Gasteiger partial charge < -0.3 is 19.5 Å². The van der Waals surface area contributed by atoms with Gasteiger partial charge in [-0.2, -0.15) is 18.9 Å². The van der Waals surface area contributed by atoms with E-state index in [1.165, 1.54) is 17.1 Å². The molecule has 0 saturated heterocycles. The van der Waals surface area contributed by atoms with Crippen LogP contribution in [0.5, 0.6) is 11.5 Å². The number of fused-ring (bicyclic) bond motifs is 1. The van der Waals surface area contributed by atoms with Gasteiger partial charge in [0.25, 0.3) is 0 Å². The van der Waals surface area contributed by atoms with Crippen LogP contribution in [0.25, 0.3) is 0 Å². The molecule has 2 aromatic rings. The molecule has 0 bridgehead atoms. The van der Waals surface area contributed by atoms with Gasteiger partial charge in [0.15, 0.2) is 11.5 Å². The third-order valence-corrected chi connectivity index (χ3v) is 4.09. The maximum atomic E-state index is 12.7. The van der Waals surface area contributed by atoms with E-state index in [1.54, 1.807) is 32.9 Å². The SMILES string of the molecule is CCOC(=O)C1=C(C)Nc2ncnn2[C@@H]1c1ccc(OC(F)F)c(OCC)c1. The molecule has 0 saturated carbocycles. The highest BCUT2D eigenvalue weighted by Gasteiger charge is 2.34. The molecule has 1 atom stereocenters. The number of hydrogen-bond acceptors (Lipinski definition) is 7. The second-order valence-corrected chi connectivity index (χ2v) is 5.83. The summed E-state index contributed by atoms with van der Waals surface area (Å²) in [6.45, 7) is 2.65. The lowest BCUT2D eigenvalue weighted by Crippen LogP contribution is -2.29.